The van der Waals surface area contributed by atoms with Gasteiger partial charge in [-0.15, -0.1) is 0 Å². The van der Waals surface area contributed by atoms with E-state index >= 15 is 0 Å². The summed E-state index contributed by atoms with van der Waals surface area (Å²) in [4.78, 5) is 27.9. The summed E-state index contributed by atoms with van der Waals surface area (Å²) in [5.74, 6) is -0.740. The second kappa shape index (κ2) is 8.40. The van der Waals surface area contributed by atoms with Crippen LogP contribution in [-0.4, -0.2) is 29.1 Å². The molecule has 0 N–H and O–H groups in total. The van der Waals surface area contributed by atoms with E-state index in [1.807, 2.05) is 17.6 Å². The number of amides is 1. The molecule has 1 amide bonds. The predicted molar refractivity (Wildman–Crippen MR) is 109 cm³/mol. The average Bonchev–Trinajstić information content (AvgIpc) is 3.00. The van der Waals surface area contributed by atoms with Gasteiger partial charge >= 0.3 is 0 Å². The van der Waals surface area contributed by atoms with Crippen LogP contribution in [0.2, 0.25) is 10.0 Å². The molecule has 0 atom stereocenters. The number of halogens is 2. The minimum absolute atomic E-state index is 0.164. The molecule has 3 aromatic rings. The molecule has 0 spiro atoms. The third kappa shape index (κ3) is 3.95. The van der Waals surface area contributed by atoms with Gasteiger partial charge in [-0.05, 0) is 36.8 Å². The molecule has 28 heavy (non-hydrogen) atoms. The fraction of sp³-hybridized carbons (Fsp3) is 0.222. The number of fused-ring (bicyclic) bond motifs is 1. The standard InChI is InChI=1S/C18H15Cl2N3O4S/c1-10-13(20)4-6-15-16(10)22(7-8-27-2)18(28-15)21-17(24)12-9-11(19)3-5-14(12)23(25)26/h3-6,9H,7-8H2,1-2H3. The number of aromatic nitrogens is 1. The fourth-order valence-electron chi connectivity index (χ4n) is 2.78. The van der Waals surface area contributed by atoms with Gasteiger partial charge in [0, 0.05) is 29.8 Å². The molecular formula is C18H15Cl2N3O4S. The van der Waals surface area contributed by atoms with Gasteiger partial charge < -0.3 is 9.30 Å². The number of ether oxygens (including phenoxy) is 1. The molecule has 2 aromatic carbocycles. The summed E-state index contributed by atoms with van der Waals surface area (Å²) in [6.45, 7) is 2.73. The molecule has 0 aliphatic heterocycles. The third-order valence-electron chi connectivity index (χ3n) is 4.13. The molecule has 0 aliphatic carbocycles. The zero-order valence-corrected chi connectivity index (χ0v) is 17.3. The van der Waals surface area contributed by atoms with E-state index in [1.54, 1.807) is 13.2 Å². The van der Waals surface area contributed by atoms with E-state index in [1.165, 1.54) is 29.5 Å². The van der Waals surface area contributed by atoms with Crippen LogP contribution in [-0.2, 0) is 11.3 Å². The molecule has 0 unspecified atom stereocenters. The van der Waals surface area contributed by atoms with E-state index in [4.69, 9.17) is 27.9 Å². The van der Waals surface area contributed by atoms with Crippen LogP contribution in [0.25, 0.3) is 10.2 Å². The van der Waals surface area contributed by atoms with Gasteiger partial charge in [0.15, 0.2) is 4.80 Å². The molecule has 0 saturated carbocycles. The number of nitrogens with zero attached hydrogens (tertiary/aromatic N) is 3. The number of thiazole rings is 1. The molecule has 1 aromatic heterocycles. The monoisotopic (exact) mass is 439 g/mol. The minimum Gasteiger partial charge on any atom is -0.383 e. The number of rotatable bonds is 5. The van der Waals surface area contributed by atoms with E-state index in [-0.39, 0.29) is 16.3 Å². The molecule has 0 fully saturated rings. The van der Waals surface area contributed by atoms with Crippen molar-refractivity contribution in [3.8, 4) is 0 Å². The van der Waals surface area contributed by atoms with Gasteiger partial charge in [0.1, 0.15) is 5.56 Å². The zero-order chi connectivity index (χ0) is 20.4. The van der Waals surface area contributed by atoms with Crippen molar-refractivity contribution in [3.05, 3.63) is 66.4 Å². The molecule has 0 radical (unpaired) electrons. The normalized spacial score (nSPS) is 11.9. The van der Waals surface area contributed by atoms with Gasteiger partial charge in [0.25, 0.3) is 11.6 Å². The van der Waals surface area contributed by atoms with Crippen molar-refractivity contribution < 1.29 is 14.5 Å². The van der Waals surface area contributed by atoms with Crippen molar-refractivity contribution in [2.45, 2.75) is 13.5 Å². The van der Waals surface area contributed by atoms with E-state index in [0.29, 0.717) is 23.0 Å². The molecule has 146 valence electrons. The average molecular weight is 440 g/mol. The highest BCUT2D eigenvalue weighted by atomic mass is 35.5. The Morgan fingerprint density at radius 3 is 2.75 bits per heavy atom. The number of nitro benzene ring substituents is 1. The number of benzene rings is 2. The van der Waals surface area contributed by atoms with Crippen molar-refractivity contribution in [1.82, 2.24) is 4.57 Å². The third-order valence-corrected chi connectivity index (χ3v) is 5.82. The van der Waals surface area contributed by atoms with Gasteiger partial charge in [0.2, 0.25) is 0 Å². The summed E-state index contributed by atoms with van der Waals surface area (Å²) in [6.07, 6.45) is 0. The summed E-state index contributed by atoms with van der Waals surface area (Å²) in [5, 5.41) is 12.1. The highest BCUT2D eigenvalue weighted by molar-refractivity contribution is 7.16. The maximum Gasteiger partial charge on any atom is 0.286 e. The lowest BCUT2D eigenvalue weighted by Crippen LogP contribution is -2.20. The van der Waals surface area contributed by atoms with Crippen molar-refractivity contribution >= 4 is 56.3 Å². The minimum atomic E-state index is -0.740. The van der Waals surface area contributed by atoms with E-state index in [9.17, 15) is 14.9 Å². The second-order valence-electron chi connectivity index (χ2n) is 5.88. The van der Waals surface area contributed by atoms with Crippen molar-refractivity contribution in [3.63, 3.8) is 0 Å². The van der Waals surface area contributed by atoms with E-state index in [0.717, 1.165) is 15.8 Å². The van der Waals surface area contributed by atoms with Crippen molar-refractivity contribution in [2.24, 2.45) is 4.99 Å². The van der Waals surface area contributed by atoms with Gasteiger partial charge in [0.05, 0.1) is 21.7 Å². The highest BCUT2D eigenvalue weighted by Gasteiger charge is 2.21. The predicted octanol–water partition coefficient (Wildman–Crippen LogP) is 4.61. The molecule has 0 bridgehead atoms. The molecular weight excluding hydrogens is 425 g/mol. The first kappa shape index (κ1) is 20.5. The highest BCUT2D eigenvalue weighted by Crippen LogP contribution is 2.28. The van der Waals surface area contributed by atoms with Crippen LogP contribution in [0.5, 0.6) is 0 Å². The first-order valence-corrected chi connectivity index (χ1v) is 9.71. The number of aryl methyl sites for hydroxylation is 1. The smallest absolute Gasteiger partial charge is 0.286 e. The molecule has 7 nitrogen and oxygen atoms in total. The lowest BCUT2D eigenvalue weighted by atomic mass is 10.2. The van der Waals surface area contributed by atoms with Crippen molar-refractivity contribution in [1.29, 1.82) is 0 Å². The Morgan fingerprint density at radius 2 is 2.07 bits per heavy atom. The van der Waals surface area contributed by atoms with E-state index < -0.39 is 10.8 Å². The molecule has 3 rings (SSSR count). The van der Waals surface area contributed by atoms with Crippen LogP contribution in [0.15, 0.2) is 35.3 Å². The van der Waals surface area contributed by atoms with Gasteiger partial charge in [-0.1, -0.05) is 34.5 Å². The summed E-state index contributed by atoms with van der Waals surface area (Å²) >= 11 is 13.5. The Kier molecular flexibility index (Phi) is 6.14. The molecule has 0 saturated heterocycles. The maximum atomic E-state index is 12.8. The van der Waals surface area contributed by atoms with Crippen LogP contribution in [0.1, 0.15) is 15.9 Å². The van der Waals surface area contributed by atoms with Crippen LogP contribution in [0.3, 0.4) is 0 Å². The van der Waals surface area contributed by atoms with Gasteiger partial charge in [-0.3, -0.25) is 14.9 Å². The van der Waals surface area contributed by atoms with Gasteiger partial charge in [-0.2, -0.15) is 4.99 Å². The summed E-state index contributed by atoms with van der Waals surface area (Å²) in [6, 6.07) is 7.44. The Morgan fingerprint density at radius 1 is 1.32 bits per heavy atom. The Hall–Kier alpha value is -2.26. The van der Waals surface area contributed by atoms with Crippen LogP contribution in [0, 0.1) is 17.0 Å². The lowest BCUT2D eigenvalue weighted by molar-refractivity contribution is -0.385. The quantitative estimate of drug-likeness (QED) is 0.428. The molecule has 10 heteroatoms. The maximum absolute atomic E-state index is 12.8. The Balaban J connectivity index is 2.22. The lowest BCUT2D eigenvalue weighted by Gasteiger charge is -2.07. The van der Waals surface area contributed by atoms with Crippen LogP contribution >= 0.6 is 34.5 Å². The summed E-state index contributed by atoms with van der Waals surface area (Å²) < 4.78 is 7.89. The summed E-state index contributed by atoms with van der Waals surface area (Å²) in [5.41, 5.74) is 1.20. The SMILES string of the molecule is COCCn1c(=NC(=O)c2cc(Cl)ccc2[N+](=O)[O-])sc2ccc(Cl)c(C)c21. The second-order valence-corrected chi connectivity index (χ2v) is 7.74. The number of carbonyl (C=O) groups excluding carboxylic acids is 1. The Bertz CT molecular complexity index is 1150. The zero-order valence-electron chi connectivity index (χ0n) is 14.9. The molecule has 1 heterocycles. The first-order valence-electron chi connectivity index (χ1n) is 8.14. The van der Waals surface area contributed by atoms with E-state index in [2.05, 4.69) is 4.99 Å². The van der Waals surface area contributed by atoms with Gasteiger partial charge in [-0.25, -0.2) is 0 Å². The number of hydrogen-bond acceptors (Lipinski definition) is 5. The van der Waals surface area contributed by atoms with Crippen LogP contribution in [0.4, 0.5) is 5.69 Å². The van der Waals surface area contributed by atoms with Crippen molar-refractivity contribution in [2.75, 3.05) is 13.7 Å². The Labute approximate surface area is 173 Å². The number of hydrogen-bond donors (Lipinski definition) is 0. The molecule has 0 aliphatic rings. The number of nitro groups is 1. The number of methoxy groups -OCH3 is 1. The first-order chi connectivity index (χ1) is 13.3. The summed E-state index contributed by atoms with van der Waals surface area (Å²) in [7, 11) is 1.58. The fourth-order valence-corrected chi connectivity index (χ4v) is 4.22. The number of carbonyl (C=O) groups is 1. The largest absolute Gasteiger partial charge is 0.383 e. The van der Waals surface area contributed by atoms with Crippen LogP contribution < -0.4 is 4.80 Å². The topological polar surface area (TPSA) is 86.7 Å².